The lowest BCUT2D eigenvalue weighted by Crippen LogP contribution is -2.32. The summed E-state index contributed by atoms with van der Waals surface area (Å²) in [6.45, 7) is 0. The maximum atomic E-state index is 12.3. The summed E-state index contributed by atoms with van der Waals surface area (Å²) in [5, 5.41) is 3.18. The van der Waals surface area contributed by atoms with Crippen molar-refractivity contribution in [2.75, 3.05) is 5.32 Å². The van der Waals surface area contributed by atoms with Gasteiger partial charge in [0.15, 0.2) is 0 Å². The summed E-state index contributed by atoms with van der Waals surface area (Å²) in [5.41, 5.74) is 1.44. The van der Waals surface area contributed by atoms with E-state index in [0.717, 1.165) is 0 Å². The number of amides is 3. The van der Waals surface area contributed by atoms with Crippen molar-refractivity contribution in [2.24, 2.45) is 0 Å². The molecular weight excluding hydrogens is 372 g/mol. The number of hydroxylamine groups is 2. The predicted octanol–water partition coefficient (Wildman–Crippen LogP) is 3.31. The fraction of sp³-hybridized carbons (Fsp3) is 0. The maximum Gasteiger partial charge on any atom is 0.363 e. The van der Waals surface area contributed by atoms with Crippen molar-refractivity contribution < 1.29 is 24.0 Å². The van der Waals surface area contributed by atoms with Gasteiger partial charge in [0.25, 0.3) is 17.7 Å². The lowest BCUT2D eigenvalue weighted by atomic mass is 10.1. The Morgan fingerprint density at radius 1 is 0.690 bits per heavy atom. The van der Waals surface area contributed by atoms with Gasteiger partial charge in [-0.2, -0.15) is 0 Å². The van der Waals surface area contributed by atoms with Gasteiger partial charge >= 0.3 is 5.97 Å². The third kappa shape index (κ3) is 3.49. The number of nitrogens with zero attached hydrogens (tertiary/aromatic N) is 1. The average Bonchev–Trinajstić information content (AvgIpc) is 2.99. The highest BCUT2D eigenvalue weighted by atomic mass is 16.7. The van der Waals surface area contributed by atoms with Crippen LogP contribution in [0.5, 0.6) is 0 Å². The van der Waals surface area contributed by atoms with Crippen molar-refractivity contribution in [3.8, 4) is 0 Å². The molecule has 0 radical (unpaired) electrons. The second-order valence-corrected chi connectivity index (χ2v) is 6.23. The molecule has 4 rings (SSSR count). The number of carbonyl (C=O) groups excluding carboxylic acids is 4. The molecule has 0 bridgehead atoms. The normalized spacial score (nSPS) is 12.5. The quantitative estimate of drug-likeness (QED) is 0.695. The molecule has 3 aromatic carbocycles. The minimum absolute atomic E-state index is 0.0952. The molecule has 1 N–H and O–H groups in total. The summed E-state index contributed by atoms with van der Waals surface area (Å²) in [6, 6.07) is 20.9. The van der Waals surface area contributed by atoms with Crippen LogP contribution in [0.25, 0.3) is 0 Å². The minimum Gasteiger partial charge on any atom is -0.324 e. The molecule has 0 aliphatic carbocycles. The molecule has 142 valence electrons. The van der Waals surface area contributed by atoms with Crippen molar-refractivity contribution in [3.63, 3.8) is 0 Å². The number of hydrogen-bond acceptors (Lipinski definition) is 5. The van der Waals surface area contributed by atoms with Crippen molar-refractivity contribution >= 4 is 29.4 Å². The van der Waals surface area contributed by atoms with Crippen LogP contribution >= 0.6 is 0 Å². The highest BCUT2D eigenvalue weighted by Crippen LogP contribution is 2.23. The maximum absolute atomic E-state index is 12.3. The molecule has 3 amide bonds. The number of hydrogen-bond donors (Lipinski definition) is 1. The zero-order chi connectivity index (χ0) is 20.4. The predicted molar refractivity (Wildman–Crippen MR) is 103 cm³/mol. The van der Waals surface area contributed by atoms with E-state index in [1.54, 1.807) is 36.4 Å². The molecule has 0 saturated heterocycles. The first-order chi connectivity index (χ1) is 14.0. The van der Waals surface area contributed by atoms with Gasteiger partial charge in [-0.25, -0.2) is 4.79 Å². The van der Waals surface area contributed by atoms with Crippen LogP contribution in [0.3, 0.4) is 0 Å². The van der Waals surface area contributed by atoms with E-state index >= 15 is 0 Å². The number of para-hydroxylation sites is 1. The van der Waals surface area contributed by atoms with Crippen LogP contribution < -0.4 is 5.32 Å². The molecule has 7 nitrogen and oxygen atoms in total. The molecule has 0 aromatic heterocycles. The Balaban J connectivity index is 1.44. The van der Waals surface area contributed by atoms with E-state index < -0.39 is 17.8 Å². The van der Waals surface area contributed by atoms with Gasteiger partial charge in [0.1, 0.15) is 0 Å². The third-order valence-corrected chi connectivity index (χ3v) is 4.35. The lowest BCUT2D eigenvalue weighted by molar-refractivity contribution is -0.0584. The SMILES string of the molecule is O=C(Nc1ccccc1)c1ccc(C(=O)ON2C(=O)c3ccccc3C2=O)cc1. The van der Waals surface area contributed by atoms with Crippen molar-refractivity contribution in [3.05, 3.63) is 101 Å². The molecule has 0 saturated carbocycles. The Morgan fingerprint density at radius 2 is 1.21 bits per heavy atom. The molecule has 3 aromatic rings. The van der Waals surface area contributed by atoms with Gasteiger partial charge in [-0.3, -0.25) is 14.4 Å². The monoisotopic (exact) mass is 386 g/mol. The van der Waals surface area contributed by atoms with Gasteiger partial charge in [0, 0.05) is 11.3 Å². The Kier molecular flexibility index (Phi) is 4.62. The molecule has 0 atom stereocenters. The van der Waals surface area contributed by atoms with E-state index in [-0.39, 0.29) is 22.6 Å². The van der Waals surface area contributed by atoms with Crippen LogP contribution in [-0.4, -0.2) is 28.8 Å². The minimum atomic E-state index is -0.880. The second-order valence-electron chi connectivity index (χ2n) is 6.23. The van der Waals surface area contributed by atoms with Crippen LogP contribution in [0.2, 0.25) is 0 Å². The van der Waals surface area contributed by atoms with Crippen LogP contribution in [0.15, 0.2) is 78.9 Å². The van der Waals surface area contributed by atoms with Gasteiger partial charge in [-0.05, 0) is 48.5 Å². The van der Waals surface area contributed by atoms with Crippen LogP contribution in [0, 0.1) is 0 Å². The van der Waals surface area contributed by atoms with Crippen LogP contribution in [0.1, 0.15) is 41.4 Å². The number of fused-ring (bicyclic) bond motifs is 1. The van der Waals surface area contributed by atoms with Gasteiger partial charge in [-0.15, -0.1) is 0 Å². The van der Waals surface area contributed by atoms with Gasteiger partial charge < -0.3 is 10.2 Å². The molecule has 0 fully saturated rings. The molecule has 0 unspecified atom stereocenters. The van der Waals surface area contributed by atoms with Crippen LogP contribution in [-0.2, 0) is 4.84 Å². The standard InChI is InChI=1S/C22H14N2O5/c25-19(23-16-6-2-1-3-7-16)14-10-12-15(13-11-14)22(28)29-24-20(26)17-8-4-5-9-18(17)21(24)27/h1-13H,(H,23,25). The van der Waals surface area contributed by atoms with E-state index in [4.69, 9.17) is 4.84 Å². The zero-order valence-electron chi connectivity index (χ0n) is 15.0. The molecule has 1 aliphatic rings. The fourth-order valence-electron chi connectivity index (χ4n) is 2.87. The highest BCUT2D eigenvalue weighted by Gasteiger charge is 2.38. The summed E-state index contributed by atoms with van der Waals surface area (Å²) < 4.78 is 0. The summed E-state index contributed by atoms with van der Waals surface area (Å²) in [5.74, 6) is -2.61. The van der Waals surface area contributed by atoms with Gasteiger partial charge in [0.05, 0.1) is 16.7 Å². The Labute approximate surface area is 165 Å². The summed E-state index contributed by atoms with van der Waals surface area (Å²) in [7, 11) is 0. The van der Waals surface area contributed by atoms with Gasteiger partial charge in [0.2, 0.25) is 0 Å². The smallest absolute Gasteiger partial charge is 0.324 e. The van der Waals surface area contributed by atoms with E-state index in [2.05, 4.69) is 5.32 Å². The van der Waals surface area contributed by atoms with E-state index in [9.17, 15) is 19.2 Å². The van der Waals surface area contributed by atoms with E-state index in [0.29, 0.717) is 16.3 Å². The number of benzene rings is 3. The van der Waals surface area contributed by atoms with E-state index in [1.165, 1.54) is 36.4 Å². The number of rotatable bonds is 4. The number of imide groups is 1. The first-order valence-corrected chi connectivity index (χ1v) is 8.71. The molecule has 7 heteroatoms. The number of nitrogens with one attached hydrogen (secondary N) is 1. The lowest BCUT2D eigenvalue weighted by Gasteiger charge is -2.12. The van der Waals surface area contributed by atoms with Crippen LogP contribution in [0.4, 0.5) is 5.69 Å². The number of carbonyl (C=O) groups is 4. The third-order valence-electron chi connectivity index (χ3n) is 4.35. The van der Waals surface area contributed by atoms with Crippen molar-refractivity contribution in [1.29, 1.82) is 0 Å². The zero-order valence-corrected chi connectivity index (χ0v) is 15.0. The summed E-state index contributed by atoms with van der Waals surface area (Å²) in [4.78, 5) is 54.1. The Morgan fingerprint density at radius 3 is 1.79 bits per heavy atom. The Hall–Kier alpha value is -4.26. The molecule has 1 aliphatic heterocycles. The topological polar surface area (TPSA) is 92.8 Å². The van der Waals surface area contributed by atoms with Crippen molar-refractivity contribution in [1.82, 2.24) is 5.06 Å². The fourth-order valence-corrected chi connectivity index (χ4v) is 2.87. The van der Waals surface area contributed by atoms with E-state index in [1.807, 2.05) is 6.07 Å². The first-order valence-electron chi connectivity index (χ1n) is 8.71. The highest BCUT2D eigenvalue weighted by molar-refractivity contribution is 6.21. The Bertz CT molecular complexity index is 1090. The molecule has 1 heterocycles. The molecule has 0 spiro atoms. The largest absolute Gasteiger partial charge is 0.363 e. The second kappa shape index (κ2) is 7.40. The molecular formula is C22H14N2O5. The van der Waals surface area contributed by atoms with Gasteiger partial charge in [-0.1, -0.05) is 35.4 Å². The molecule has 29 heavy (non-hydrogen) atoms. The summed E-state index contributed by atoms with van der Waals surface area (Å²) >= 11 is 0. The van der Waals surface area contributed by atoms with Crippen molar-refractivity contribution in [2.45, 2.75) is 0 Å². The first kappa shape index (κ1) is 18.1. The summed E-state index contributed by atoms with van der Waals surface area (Å²) in [6.07, 6.45) is 0. The number of anilines is 1. The average molecular weight is 386 g/mol.